The quantitative estimate of drug-likeness (QED) is 0.663. The van der Waals surface area contributed by atoms with E-state index in [9.17, 15) is 20.0 Å². The average molecular weight is 315 g/mol. The zero-order valence-electron chi connectivity index (χ0n) is 9.38. The van der Waals surface area contributed by atoms with Crippen LogP contribution in [0.2, 0.25) is 0 Å². The Morgan fingerprint density at radius 3 is 2.83 bits per heavy atom. The summed E-state index contributed by atoms with van der Waals surface area (Å²) >= 11 is 3.07. The SMILES string of the molecule is O=C(c1ccc(Br)c([N+](=O)[O-])c1)N1CCC(O)C1. The highest BCUT2D eigenvalue weighted by molar-refractivity contribution is 9.10. The van der Waals surface area contributed by atoms with E-state index in [2.05, 4.69) is 15.9 Å². The van der Waals surface area contributed by atoms with E-state index in [1.807, 2.05) is 0 Å². The van der Waals surface area contributed by atoms with Gasteiger partial charge in [-0.3, -0.25) is 14.9 Å². The van der Waals surface area contributed by atoms with E-state index in [1.165, 1.54) is 23.1 Å². The van der Waals surface area contributed by atoms with Crippen LogP contribution in [0.1, 0.15) is 16.8 Å². The highest BCUT2D eigenvalue weighted by Gasteiger charge is 2.26. The van der Waals surface area contributed by atoms with Gasteiger partial charge < -0.3 is 10.0 Å². The third kappa shape index (κ3) is 2.51. The standard InChI is InChI=1S/C11H11BrN2O4/c12-9-2-1-7(5-10(9)14(17)18)11(16)13-4-3-8(15)6-13/h1-2,5,8,15H,3-4,6H2. The normalized spacial score (nSPS) is 19.0. The molecule has 1 aliphatic heterocycles. The number of β-amino-alcohol motifs (C(OH)–C–C–N with tert-alkyl or cyclic N) is 1. The summed E-state index contributed by atoms with van der Waals surface area (Å²) in [5.41, 5.74) is 0.125. The lowest BCUT2D eigenvalue weighted by atomic mass is 10.2. The smallest absolute Gasteiger partial charge is 0.284 e. The van der Waals surface area contributed by atoms with E-state index >= 15 is 0 Å². The van der Waals surface area contributed by atoms with Gasteiger partial charge in [-0.15, -0.1) is 0 Å². The zero-order valence-corrected chi connectivity index (χ0v) is 11.0. The molecule has 0 radical (unpaired) electrons. The van der Waals surface area contributed by atoms with Crippen LogP contribution in [0.3, 0.4) is 0 Å². The topological polar surface area (TPSA) is 83.7 Å². The lowest BCUT2D eigenvalue weighted by molar-refractivity contribution is -0.385. The minimum absolute atomic E-state index is 0.138. The van der Waals surface area contributed by atoms with Crippen molar-refractivity contribution in [1.82, 2.24) is 4.90 Å². The molecule has 1 aromatic carbocycles. The molecule has 1 saturated heterocycles. The largest absolute Gasteiger partial charge is 0.391 e. The minimum atomic E-state index is -0.542. The lowest BCUT2D eigenvalue weighted by Gasteiger charge is -2.15. The first-order valence-corrected chi connectivity index (χ1v) is 6.19. The number of rotatable bonds is 2. The fraction of sp³-hybridized carbons (Fsp3) is 0.364. The first-order valence-electron chi connectivity index (χ1n) is 5.40. The highest BCUT2D eigenvalue weighted by Crippen LogP contribution is 2.26. The summed E-state index contributed by atoms with van der Waals surface area (Å²) in [5, 5.41) is 20.2. The molecule has 1 aromatic rings. The third-order valence-corrected chi connectivity index (χ3v) is 3.51. The summed E-state index contributed by atoms with van der Waals surface area (Å²) in [6.07, 6.45) is 0.0454. The summed E-state index contributed by atoms with van der Waals surface area (Å²) in [7, 11) is 0. The van der Waals surface area contributed by atoms with E-state index in [4.69, 9.17) is 0 Å². The van der Waals surface area contributed by atoms with Crippen molar-refractivity contribution >= 4 is 27.5 Å². The number of carbonyl (C=O) groups excluding carboxylic acids is 1. The van der Waals surface area contributed by atoms with E-state index in [-0.39, 0.29) is 23.7 Å². The van der Waals surface area contributed by atoms with Crippen LogP contribution in [0.4, 0.5) is 5.69 Å². The summed E-state index contributed by atoms with van der Waals surface area (Å²) in [4.78, 5) is 23.8. The molecule has 7 heteroatoms. The number of nitro groups is 1. The molecule has 1 N–H and O–H groups in total. The zero-order chi connectivity index (χ0) is 13.3. The van der Waals surface area contributed by atoms with Crippen molar-refractivity contribution in [2.24, 2.45) is 0 Å². The molecule has 0 bridgehead atoms. The van der Waals surface area contributed by atoms with Crippen LogP contribution < -0.4 is 0 Å². The van der Waals surface area contributed by atoms with Gasteiger partial charge in [-0.2, -0.15) is 0 Å². The van der Waals surface area contributed by atoms with Crippen molar-refractivity contribution in [2.45, 2.75) is 12.5 Å². The number of nitrogens with zero attached hydrogens (tertiary/aromatic N) is 2. The summed E-state index contributed by atoms with van der Waals surface area (Å²) in [6, 6.07) is 4.26. The van der Waals surface area contributed by atoms with Crippen LogP contribution in [0.5, 0.6) is 0 Å². The van der Waals surface area contributed by atoms with E-state index < -0.39 is 11.0 Å². The van der Waals surface area contributed by atoms with Crippen molar-refractivity contribution in [2.75, 3.05) is 13.1 Å². The van der Waals surface area contributed by atoms with Gasteiger partial charge in [0.2, 0.25) is 0 Å². The van der Waals surface area contributed by atoms with Crippen LogP contribution in [0.25, 0.3) is 0 Å². The van der Waals surface area contributed by atoms with Crippen LogP contribution >= 0.6 is 15.9 Å². The van der Waals surface area contributed by atoms with Gasteiger partial charge in [0.1, 0.15) is 0 Å². The Morgan fingerprint density at radius 2 is 2.28 bits per heavy atom. The number of nitro benzene ring substituents is 1. The molecule has 2 rings (SSSR count). The molecule has 1 fully saturated rings. The maximum Gasteiger partial charge on any atom is 0.284 e. The van der Waals surface area contributed by atoms with Gasteiger partial charge in [-0.25, -0.2) is 0 Å². The monoisotopic (exact) mass is 314 g/mol. The predicted octanol–water partition coefficient (Wildman–Crippen LogP) is 1.56. The van der Waals surface area contributed by atoms with Crippen molar-refractivity contribution in [3.05, 3.63) is 38.3 Å². The number of carbonyl (C=O) groups is 1. The molecule has 0 saturated carbocycles. The number of benzene rings is 1. The van der Waals surface area contributed by atoms with Crippen LogP contribution in [0, 0.1) is 10.1 Å². The van der Waals surface area contributed by atoms with Crippen molar-refractivity contribution < 1.29 is 14.8 Å². The molecule has 6 nitrogen and oxygen atoms in total. The third-order valence-electron chi connectivity index (χ3n) is 2.84. The molecule has 1 unspecified atom stereocenters. The van der Waals surface area contributed by atoms with Gasteiger partial charge >= 0.3 is 0 Å². The molecule has 1 aliphatic rings. The minimum Gasteiger partial charge on any atom is -0.391 e. The van der Waals surface area contributed by atoms with E-state index in [0.717, 1.165) is 0 Å². The highest BCUT2D eigenvalue weighted by atomic mass is 79.9. The van der Waals surface area contributed by atoms with Crippen molar-refractivity contribution in [1.29, 1.82) is 0 Å². The fourth-order valence-electron chi connectivity index (χ4n) is 1.89. The van der Waals surface area contributed by atoms with Gasteiger partial charge in [0.05, 0.1) is 15.5 Å². The molecule has 1 amide bonds. The Bertz CT molecular complexity index is 506. The number of halogens is 1. The number of amides is 1. The number of likely N-dealkylation sites (tertiary alicyclic amines) is 1. The Morgan fingerprint density at radius 1 is 1.56 bits per heavy atom. The van der Waals surface area contributed by atoms with Gasteiger partial charge in [-0.05, 0) is 34.5 Å². The molecule has 0 aliphatic carbocycles. The van der Waals surface area contributed by atoms with Gasteiger partial charge in [-0.1, -0.05) is 0 Å². The van der Waals surface area contributed by atoms with Crippen molar-refractivity contribution in [3.8, 4) is 0 Å². The average Bonchev–Trinajstić information content (AvgIpc) is 2.75. The fourth-order valence-corrected chi connectivity index (χ4v) is 2.29. The number of aliphatic hydroxyl groups excluding tert-OH is 1. The number of hydrogen-bond acceptors (Lipinski definition) is 4. The summed E-state index contributed by atoms with van der Waals surface area (Å²) < 4.78 is 0.338. The maximum atomic E-state index is 12.1. The second kappa shape index (κ2) is 5.03. The molecular weight excluding hydrogens is 304 g/mol. The molecular formula is C11H11BrN2O4. The Balaban J connectivity index is 2.26. The molecule has 18 heavy (non-hydrogen) atoms. The number of hydrogen-bond donors (Lipinski definition) is 1. The summed E-state index contributed by atoms with van der Waals surface area (Å²) in [6.45, 7) is 0.757. The molecule has 0 aromatic heterocycles. The van der Waals surface area contributed by atoms with Gasteiger partial charge in [0, 0.05) is 24.7 Å². The summed E-state index contributed by atoms with van der Waals surface area (Å²) in [5.74, 6) is -0.290. The number of aliphatic hydroxyl groups is 1. The lowest BCUT2D eigenvalue weighted by Crippen LogP contribution is -2.29. The van der Waals surface area contributed by atoms with Crippen LogP contribution in [0.15, 0.2) is 22.7 Å². The van der Waals surface area contributed by atoms with E-state index in [1.54, 1.807) is 0 Å². The molecule has 0 spiro atoms. The molecule has 96 valence electrons. The second-order valence-electron chi connectivity index (χ2n) is 4.12. The predicted molar refractivity (Wildman–Crippen MR) is 67.3 cm³/mol. The first kappa shape index (κ1) is 13.0. The van der Waals surface area contributed by atoms with Gasteiger partial charge in [0.15, 0.2) is 0 Å². The van der Waals surface area contributed by atoms with Crippen LogP contribution in [-0.2, 0) is 0 Å². The molecule has 1 heterocycles. The molecule has 1 atom stereocenters. The maximum absolute atomic E-state index is 12.1. The Hall–Kier alpha value is -1.47. The van der Waals surface area contributed by atoms with Crippen molar-refractivity contribution in [3.63, 3.8) is 0 Å². The first-order chi connectivity index (χ1) is 8.49. The van der Waals surface area contributed by atoms with Crippen LogP contribution in [-0.4, -0.2) is 40.0 Å². The van der Waals surface area contributed by atoms with E-state index in [0.29, 0.717) is 17.4 Å². The Kier molecular flexibility index (Phi) is 3.63. The Labute approximate surface area is 111 Å². The van der Waals surface area contributed by atoms with Gasteiger partial charge in [0.25, 0.3) is 11.6 Å². The second-order valence-corrected chi connectivity index (χ2v) is 4.97.